The van der Waals surface area contributed by atoms with Gasteiger partial charge < -0.3 is 0 Å². The average molecular weight is 344 g/mol. The topological polar surface area (TPSA) is 0 Å². The maximum Gasteiger partial charge on any atom is 0.416 e. The van der Waals surface area contributed by atoms with E-state index >= 15 is 0 Å². The molecule has 0 saturated heterocycles. The van der Waals surface area contributed by atoms with E-state index in [-0.39, 0.29) is 26.2 Å². The summed E-state index contributed by atoms with van der Waals surface area (Å²) in [7, 11) is 0. The van der Waals surface area contributed by atoms with Crippen LogP contribution in [0.1, 0.15) is 5.56 Å². The second-order valence-corrected chi connectivity index (χ2v) is 5.14. The first-order valence-electron chi connectivity index (χ1n) is 5.22. The van der Waals surface area contributed by atoms with Crippen LogP contribution in [0, 0.1) is 5.82 Å². The number of rotatable bonds is 1. The van der Waals surface area contributed by atoms with Gasteiger partial charge in [-0.1, -0.05) is 34.8 Å². The lowest BCUT2D eigenvalue weighted by Crippen LogP contribution is -2.05. The maximum atomic E-state index is 13.4. The Labute approximate surface area is 126 Å². The van der Waals surface area contributed by atoms with Crippen molar-refractivity contribution in [3.8, 4) is 11.1 Å². The summed E-state index contributed by atoms with van der Waals surface area (Å²) in [5.41, 5.74) is -1.15. The summed E-state index contributed by atoms with van der Waals surface area (Å²) in [4.78, 5) is 0. The van der Waals surface area contributed by atoms with Crippen molar-refractivity contribution in [1.29, 1.82) is 0 Å². The Bertz CT molecular complexity index is 665. The lowest BCUT2D eigenvalue weighted by Gasteiger charge is -2.12. The van der Waals surface area contributed by atoms with Crippen molar-refractivity contribution in [3.05, 3.63) is 56.8 Å². The molecule has 2 aromatic rings. The van der Waals surface area contributed by atoms with E-state index in [1.807, 2.05) is 0 Å². The first-order valence-corrected chi connectivity index (χ1v) is 6.35. The highest BCUT2D eigenvalue weighted by Crippen LogP contribution is 2.41. The number of halogens is 7. The van der Waals surface area contributed by atoms with Crippen LogP contribution in [0.3, 0.4) is 0 Å². The summed E-state index contributed by atoms with van der Waals surface area (Å²) in [5.74, 6) is -1.04. The van der Waals surface area contributed by atoms with Gasteiger partial charge in [-0.25, -0.2) is 4.39 Å². The molecule has 0 amide bonds. The number of hydrogen-bond donors (Lipinski definition) is 0. The zero-order chi connectivity index (χ0) is 15.1. The van der Waals surface area contributed by atoms with Gasteiger partial charge in [-0.15, -0.1) is 0 Å². The van der Waals surface area contributed by atoms with Gasteiger partial charge in [-0.05, 0) is 35.9 Å². The zero-order valence-corrected chi connectivity index (χ0v) is 11.8. The molecule has 0 fully saturated rings. The van der Waals surface area contributed by atoms with Crippen LogP contribution in [-0.2, 0) is 6.18 Å². The summed E-state index contributed by atoms with van der Waals surface area (Å²) >= 11 is 17.6. The first-order chi connectivity index (χ1) is 9.20. The van der Waals surface area contributed by atoms with Crippen molar-refractivity contribution >= 4 is 34.8 Å². The molecule has 0 atom stereocenters. The van der Waals surface area contributed by atoms with Crippen molar-refractivity contribution in [2.45, 2.75) is 6.18 Å². The van der Waals surface area contributed by atoms with Crippen LogP contribution in [0.15, 0.2) is 30.3 Å². The van der Waals surface area contributed by atoms with E-state index in [4.69, 9.17) is 34.8 Å². The fraction of sp³-hybridized carbons (Fsp3) is 0.0769. The van der Waals surface area contributed by atoms with Gasteiger partial charge in [0.1, 0.15) is 5.82 Å². The van der Waals surface area contributed by atoms with E-state index in [9.17, 15) is 17.6 Å². The molecule has 20 heavy (non-hydrogen) atoms. The third kappa shape index (κ3) is 3.03. The van der Waals surface area contributed by atoms with E-state index in [1.165, 1.54) is 12.1 Å². The van der Waals surface area contributed by atoms with E-state index in [0.717, 1.165) is 12.1 Å². The third-order valence-electron chi connectivity index (χ3n) is 2.56. The Morgan fingerprint density at radius 3 is 2.05 bits per heavy atom. The second kappa shape index (κ2) is 5.43. The van der Waals surface area contributed by atoms with Crippen molar-refractivity contribution in [2.75, 3.05) is 0 Å². The monoisotopic (exact) mass is 342 g/mol. The highest BCUT2D eigenvalue weighted by Gasteiger charge is 2.31. The highest BCUT2D eigenvalue weighted by molar-refractivity contribution is 6.46. The number of hydrogen-bond acceptors (Lipinski definition) is 0. The molecular weight excluding hydrogens is 338 g/mol. The van der Waals surface area contributed by atoms with Gasteiger partial charge in [0.25, 0.3) is 0 Å². The van der Waals surface area contributed by atoms with Gasteiger partial charge in [0.15, 0.2) is 0 Å². The molecule has 2 rings (SSSR count). The molecule has 0 radical (unpaired) electrons. The minimum Gasteiger partial charge on any atom is -0.207 e. The standard InChI is InChI=1S/C13H5Cl3F4/c14-9-1-2-10(15)12(16)11(9)6-3-7(13(18,19)20)5-8(17)4-6/h1-5H. The fourth-order valence-electron chi connectivity index (χ4n) is 1.69. The Hall–Kier alpha value is -0.970. The van der Waals surface area contributed by atoms with Crippen LogP contribution in [-0.4, -0.2) is 0 Å². The van der Waals surface area contributed by atoms with Crippen LogP contribution < -0.4 is 0 Å². The van der Waals surface area contributed by atoms with Gasteiger partial charge in [-0.2, -0.15) is 13.2 Å². The molecule has 7 heteroatoms. The van der Waals surface area contributed by atoms with E-state index in [1.54, 1.807) is 0 Å². The Morgan fingerprint density at radius 2 is 1.45 bits per heavy atom. The minimum atomic E-state index is -4.67. The molecule has 0 heterocycles. The molecular formula is C13H5Cl3F4. The summed E-state index contributed by atoms with van der Waals surface area (Å²) < 4.78 is 51.4. The van der Waals surface area contributed by atoms with Gasteiger partial charge in [0, 0.05) is 10.6 Å². The maximum absolute atomic E-state index is 13.4. The first kappa shape index (κ1) is 15.4. The summed E-state index contributed by atoms with van der Waals surface area (Å²) in [6.45, 7) is 0. The molecule has 0 aliphatic heterocycles. The molecule has 0 aliphatic carbocycles. The summed E-state index contributed by atoms with van der Waals surface area (Å²) in [6.07, 6.45) is -4.67. The Balaban J connectivity index is 2.71. The summed E-state index contributed by atoms with van der Waals surface area (Å²) in [6, 6.07) is 4.87. The van der Waals surface area contributed by atoms with Gasteiger partial charge in [0.2, 0.25) is 0 Å². The number of alkyl halides is 3. The SMILES string of the molecule is Fc1cc(-c2c(Cl)ccc(Cl)c2Cl)cc(C(F)(F)F)c1. The van der Waals surface area contributed by atoms with Crippen molar-refractivity contribution in [3.63, 3.8) is 0 Å². The molecule has 0 saturated carbocycles. The number of benzene rings is 2. The lowest BCUT2D eigenvalue weighted by molar-refractivity contribution is -0.137. The predicted molar refractivity (Wildman–Crippen MR) is 71.9 cm³/mol. The second-order valence-electron chi connectivity index (χ2n) is 3.94. The Kier molecular flexibility index (Phi) is 4.19. The fourth-order valence-corrected chi connectivity index (χ4v) is 2.44. The molecule has 0 spiro atoms. The van der Waals surface area contributed by atoms with Crippen LogP contribution in [0.5, 0.6) is 0 Å². The van der Waals surface area contributed by atoms with Gasteiger partial charge in [-0.3, -0.25) is 0 Å². The predicted octanol–water partition coefficient (Wildman–Crippen LogP) is 6.47. The quantitative estimate of drug-likeness (QED) is 0.411. The average Bonchev–Trinajstić information content (AvgIpc) is 2.33. The van der Waals surface area contributed by atoms with Crippen LogP contribution in [0.25, 0.3) is 11.1 Å². The van der Waals surface area contributed by atoms with Gasteiger partial charge in [0.05, 0.1) is 15.6 Å². The Morgan fingerprint density at radius 1 is 0.850 bits per heavy atom. The molecule has 0 unspecified atom stereocenters. The third-order valence-corrected chi connectivity index (χ3v) is 3.68. The molecule has 0 nitrogen and oxygen atoms in total. The molecule has 0 aromatic heterocycles. The van der Waals surface area contributed by atoms with E-state index in [2.05, 4.69) is 0 Å². The van der Waals surface area contributed by atoms with Crippen molar-refractivity contribution in [2.24, 2.45) is 0 Å². The van der Waals surface area contributed by atoms with E-state index < -0.39 is 17.6 Å². The van der Waals surface area contributed by atoms with Crippen LogP contribution >= 0.6 is 34.8 Å². The van der Waals surface area contributed by atoms with Crippen molar-refractivity contribution in [1.82, 2.24) is 0 Å². The van der Waals surface area contributed by atoms with E-state index in [0.29, 0.717) is 6.07 Å². The molecule has 0 aliphatic rings. The molecule has 0 bridgehead atoms. The minimum absolute atomic E-state index is 0.0297. The molecule has 2 aromatic carbocycles. The van der Waals surface area contributed by atoms with Crippen molar-refractivity contribution < 1.29 is 17.6 Å². The van der Waals surface area contributed by atoms with Gasteiger partial charge >= 0.3 is 6.18 Å². The lowest BCUT2D eigenvalue weighted by atomic mass is 10.0. The normalized spacial score (nSPS) is 11.8. The molecule has 106 valence electrons. The summed E-state index contributed by atoms with van der Waals surface area (Å²) in [5, 5.41) is 0.167. The largest absolute Gasteiger partial charge is 0.416 e. The smallest absolute Gasteiger partial charge is 0.207 e. The zero-order valence-electron chi connectivity index (χ0n) is 9.53. The molecule has 0 N–H and O–H groups in total. The highest BCUT2D eigenvalue weighted by atomic mass is 35.5. The van der Waals surface area contributed by atoms with Crippen LogP contribution in [0.4, 0.5) is 17.6 Å². The van der Waals surface area contributed by atoms with Crippen LogP contribution in [0.2, 0.25) is 15.1 Å².